The monoisotopic (exact) mass is 338 g/mol. The van der Waals surface area contributed by atoms with Crippen LogP contribution in [-0.2, 0) is 0 Å². The van der Waals surface area contributed by atoms with Crippen LogP contribution in [0.4, 0.5) is 5.82 Å². The molecule has 0 aliphatic carbocycles. The molecule has 2 N–H and O–H groups in total. The molecular weight excluding hydrogens is 328 g/mol. The zero-order chi connectivity index (χ0) is 16.5. The summed E-state index contributed by atoms with van der Waals surface area (Å²) < 4.78 is 6.71. The molecule has 4 rings (SSSR count). The highest BCUT2D eigenvalue weighted by Crippen LogP contribution is 2.28. The summed E-state index contributed by atoms with van der Waals surface area (Å²) >= 11 is 6.17. The van der Waals surface area contributed by atoms with E-state index in [0.29, 0.717) is 22.2 Å². The van der Waals surface area contributed by atoms with Gasteiger partial charge in [0.05, 0.1) is 10.7 Å². The molecule has 118 valence electrons. The number of rotatable bonds is 3. The Labute approximate surface area is 141 Å². The molecule has 2 heterocycles. The Morgan fingerprint density at radius 1 is 1.00 bits per heavy atom. The van der Waals surface area contributed by atoms with Crippen LogP contribution in [0.1, 0.15) is 0 Å². The maximum Gasteiger partial charge on any atom is 0.282 e. The van der Waals surface area contributed by atoms with Crippen molar-refractivity contribution in [2.75, 3.05) is 5.73 Å². The second-order valence-corrected chi connectivity index (χ2v) is 5.38. The van der Waals surface area contributed by atoms with Crippen molar-refractivity contribution < 1.29 is 4.52 Å². The number of nitrogen functional groups attached to an aromatic ring is 1. The number of halogens is 1. The average molecular weight is 339 g/mol. The lowest BCUT2D eigenvalue weighted by Gasteiger charge is -2.04. The summed E-state index contributed by atoms with van der Waals surface area (Å²) in [6.07, 6.45) is 0. The maximum absolute atomic E-state index is 6.17. The molecule has 24 heavy (non-hydrogen) atoms. The predicted molar refractivity (Wildman–Crippen MR) is 89.5 cm³/mol. The van der Waals surface area contributed by atoms with Crippen molar-refractivity contribution in [2.24, 2.45) is 0 Å². The first-order valence-corrected chi connectivity index (χ1v) is 7.47. The Bertz CT molecular complexity index is 995. The molecule has 0 atom stereocenters. The van der Waals surface area contributed by atoms with Gasteiger partial charge < -0.3 is 10.3 Å². The van der Waals surface area contributed by atoms with E-state index in [0.717, 1.165) is 5.56 Å². The van der Waals surface area contributed by atoms with Gasteiger partial charge in [-0.3, -0.25) is 0 Å². The topological polar surface area (TPSA) is 95.7 Å². The van der Waals surface area contributed by atoms with Gasteiger partial charge in [-0.2, -0.15) is 9.67 Å². The minimum Gasteiger partial charge on any atom is -0.382 e. The average Bonchev–Trinajstić information content (AvgIpc) is 3.23. The van der Waals surface area contributed by atoms with Crippen LogP contribution in [0.3, 0.4) is 0 Å². The molecule has 0 unspecified atom stereocenters. The molecule has 0 saturated heterocycles. The molecule has 8 heteroatoms. The Hall–Kier alpha value is -3.19. The minimum atomic E-state index is 0.199. The van der Waals surface area contributed by atoms with Gasteiger partial charge in [-0.25, -0.2) is 0 Å². The molecule has 7 nitrogen and oxygen atoms in total. The van der Waals surface area contributed by atoms with Crippen LogP contribution in [0.15, 0.2) is 59.1 Å². The molecule has 2 aromatic carbocycles. The third-order valence-corrected chi connectivity index (χ3v) is 3.77. The van der Waals surface area contributed by atoms with Gasteiger partial charge in [0.1, 0.15) is 0 Å². The van der Waals surface area contributed by atoms with E-state index in [1.165, 1.54) is 4.68 Å². The summed E-state index contributed by atoms with van der Waals surface area (Å²) in [4.78, 5) is 4.33. The van der Waals surface area contributed by atoms with Crippen LogP contribution >= 0.6 is 11.6 Å². The Kier molecular flexibility index (Phi) is 3.47. The van der Waals surface area contributed by atoms with Crippen LogP contribution < -0.4 is 5.73 Å². The number of anilines is 1. The number of hydrogen-bond acceptors (Lipinski definition) is 6. The fourth-order valence-corrected chi connectivity index (χ4v) is 2.48. The number of benzene rings is 2. The highest BCUT2D eigenvalue weighted by atomic mass is 35.5. The lowest BCUT2D eigenvalue weighted by molar-refractivity contribution is 0.431. The highest BCUT2D eigenvalue weighted by molar-refractivity contribution is 6.32. The van der Waals surface area contributed by atoms with E-state index in [2.05, 4.69) is 20.5 Å². The van der Waals surface area contributed by atoms with Crippen LogP contribution in [-0.4, -0.2) is 25.1 Å². The summed E-state index contributed by atoms with van der Waals surface area (Å²) in [5.41, 5.74) is 7.91. The molecule has 4 aromatic rings. The Balaban J connectivity index is 1.74. The molecular formula is C16H11ClN6O. The Morgan fingerprint density at radius 2 is 1.75 bits per heavy atom. The SMILES string of the molecule is Nc1c(-c2nc(-c3ccccc3)no2)nnn1-c1ccccc1Cl. The zero-order valence-electron chi connectivity index (χ0n) is 12.3. The van der Waals surface area contributed by atoms with Gasteiger partial charge in [-0.15, -0.1) is 5.10 Å². The molecule has 0 aliphatic rings. The number of para-hydroxylation sites is 1. The summed E-state index contributed by atoms with van der Waals surface area (Å²) in [5.74, 6) is 0.924. The van der Waals surface area contributed by atoms with Crippen molar-refractivity contribution in [1.29, 1.82) is 0 Å². The van der Waals surface area contributed by atoms with Gasteiger partial charge in [0.15, 0.2) is 11.5 Å². The zero-order valence-corrected chi connectivity index (χ0v) is 13.1. The Morgan fingerprint density at radius 3 is 2.54 bits per heavy atom. The van der Waals surface area contributed by atoms with Crippen molar-refractivity contribution in [1.82, 2.24) is 25.1 Å². The molecule has 0 amide bonds. The van der Waals surface area contributed by atoms with Gasteiger partial charge in [0.25, 0.3) is 5.89 Å². The van der Waals surface area contributed by atoms with Crippen LogP contribution in [0.25, 0.3) is 28.7 Å². The second kappa shape index (κ2) is 5.78. The quantitative estimate of drug-likeness (QED) is 0.616. The number of aromatic nitrogens is 5. The lowest BCUT2D eigenvalue weighted by Crippen LogP contribution is -2.02. The molecule has 0 radical (unpaired) electrons. The van der Waals surface area contributed by atoms with Crippen LogP contribution in [0, 0.1) is 0 Å². The highest BCUT2D eigenvalue weighted by Gasteiger charge is 2.20. The molecule has 0 aliphatic heterocycles. The lowest BCUT2D eigenvalue weighted by atomic mass is 10.2. The number of hydrogen-bond donors (Lipinski definition) is 1. The van der Waals surface area contributed by atoms with E-state index < -0.39 is 0 Å². The van der Waals surface area contributed by atoms with E-state index >= 15 is 0 Å². The fraction of sp³-hybridized carbons (Fsp3) is 0. The second-order valence-electron chi connectivity index (χ2n) is 4.98. The van der Waals surface area contributed by atoms with E-state index in [1.54, 1.807) is 12.1 Å². The van der Waals surface area contributed by atoms with Gasteiger partial charge in [-0.05, 0) is 12.1 Å². The summed E-state index contributed by atoms with van der Waals surface area (Å²) in [6, 6.07) is 16.7. The van der Waals surface area contributed by atoms with Gasteiger partial charge in [-0.1, -0.05) is 64.4 Å². The predicted octanol–water partition coefficient (Wildman–Crippen LogP) is 3.22. The maximum atomic E-state index is 6.17. The van der Waals surface area contributed by atoms with Gasteiger partial charge in [0.2, 0.25) is 5.82 Å². The van der Waals surface area contributed by atoms with E-state index in [4.69, 9.17) is 21.9 Å². The third kappa shape index (κ3) is 2.40. The minimum absolute atomic E-state index is 0.199. The molecule has 0 bridgehead atoms. The molecule has 0 saturated carbocycles. The summed E-state index contributed by atoms with van der Waals surface area (Å²) in [6.45, 7) is 0. The fourth-order valence-electron chi connectivity index (χ4n) is 2.27. The van der Waals surface area contributed by atoms with E-state index in [1.807, 2.05) is 42.5 Å². The van der Waals surface area contributed by atoms with Crippen LogP contribution in [0.5, 0.6) is 0 Å². The third-order valence-electron chi connectivity index (χ3n) is 3.45. The van der Waals surface area contributed by atoms with Crippen molar-refractivity contribution in [3.8, 4) is 28.7 Å². The number of nitrogens with two attached hydrogens (primary N) is 1. The van der Waals surface area contributed by atoms with E-state index in [9.17, 15) is 0 Å². The van der Waals surface area contributed by atoms with Crippen molar-refractivity contribution in [3.63, 3.8) is 0 Å². The number of nitrogens with zero attached hydrogens (tertiary/aromatic N) is 5. The van der Waals surface area contributed by atoms with Crippen molar-refractivity contribution in [3.05, 3.63) is 59.6 Å². The smallest absolute Gasteiger partial charge is 0.282 e. The first-order valence-electron chi connectivity index (χ1n) is 7.09. The van der Waals surface area contributed by atoms with Gasteiger partial charge in [0, 0.05) is 5.56 Å². The van der Waals surface area contributed by atoms with Crippen molar-refractivity contribution in [2.45, 2.75) is 0 Å². The largest absolute Gasteiger partial charge is 0.382 e. The summed E-state index contributed by atoms with van der Waals surface area (Å²) in [7, 11) is 0. The molecule has 2 aromatic heterocycles. The van der Waals surface area contributed by atoms with E-state index in [-0.39, 0.29) is 11.7 Å². The first-order chi connectivity index (χ1) is 11.7. The summed E-state index contributed by atoms with van der Waals surface area (Å²) in [5, 5.41) is 12.5. The standard InChI is InChI=1S/C16H11ClN6O/c17-11-8-4-5-9-12(11)23-14(18)13(20-22-23)16-19-15(21-24-16)10-6-2-1-3-7-10/h1-9H,18H2. The molecule has 0 fully saturated rings. The molecule has 0 spiro atoms. The van der Waals surface area contributed by atoms with Gasteiger partial charge >= 0.3 is 0 Å². The van der Waals surface area contributed by atoms with Crippen molar-refractivity contribution >= 4 is 17.4 Å². The van der Waals surface area contributed by atoms with Crippen LogP contribution in [0.2, 0.25) is 5.02 Å². The normalized spacial score (nSPS) is 10.9. The first kappa shape index (κ1) is 14.4.